The van der Waals surface area contributed by atoms with Gasteiger partial charge in [-0.25, -0.2) is 17.1 Å². The zero-order valence-corrected chi connectivity index (χ0v) is 15.1. The van der Waals surface area contributed by atoms with Gasteiger partial charge >= 0.3 is 0 Å². The third kappa shape index (κ3) is 3.42. The van der Waals surface area contributed by atoms with Crippen molar-refractivity contribution in [2.45, 2.75) is 6.92 Å². The van der Waals surface area contributed by atoms with E-state index >= 15 is 0 Å². The van der Waals surface area contributed by atoms with Crippen LogP contribution in [0.2, 0.25) is 5.02 Å². The van der Waals surface area contributed by atoms with Crippen molar-refractivity contribution in [2.24, 2.45) is 5.92 Å². The van der Waals surface area contributed by atoms with Crippen LogP contribution in [-0.4, -0.2) is 26.0 Å². The lowest BCUT2D eigenvalue weighted by atomic mass is 10.1. The number of benzene rings is 2. The van der Waals surface area contributed by atoms with E-state index in [0.717, 1.165) is 6.07 Å². The highest BCUT2D eigenvalue weighted by Crippen LogP contribution is 2.31. The van der Waals surface area contributed by atoms with Gasteiger partial charge in [0.25, 0.3) is 5.91 Å². The molecule has 6 nitrogen and oxygen atoms in total. The number of hydrogen-bond donors (Lipinski definition) is 1. The van der Waals surface area contributed by atoms with Crippen LogP contribution in [0.15, 0.2) is 42.5 Å². The Morgan fingerprint density at radius 1 is 1.27 bits per heavy atom. The SMILES string of the molecule is C[C@H]1CS(=O)(=O)N(c2ccc(C(=O)Nc3cccc(F)c3)c(Cl)c2)C1=O. The smallest absolute Gasteiger partial charge is 0.257 e. The van der Waals surface area contributed by atoms with E-state index in [4.69, 9.17) is 11.6 Å². The van der Waals surface area contributed by atoms with Gasteiger partial charge in [-0.1, -0.05) is 24.6 Å². The molecule has 3 rings (SSSR count). The standard InChI is InChI=1S/C17H14ClFN2O4S/c1-10-9-26(24,25)21(17(10)23)13-5-6-14(15(18)8-13)16(22)20-12-4-2-3-11(19)7-12/h2-8,10H,9H2,1H3,(H,20,22)/t10-/m0/s1. The Morgan fingerprint density at radius 3 is 2.58 bits per heavy atom. The van der Waals surface area contributed by atoms with Crippen LogP contribution in [0.4, 0.5) is 15.8 Å². The van der Waals surface area contributed by atoms with Gasteiger partial charge < -0.3 is 5.32 Å². The van der Waals surface area contributed by atoms with Crippen molar-refractivity contribution in [3.05, 3.63) is 58.9 Å². The third-order valence-electron chi connectivity index (χ3n) is 3.87. The number of sulfonamides is 1. The summed E-state index contributed by atoms with van der Waals surface area (Å²) >= 11 is 6.11. The largest absolute Gasteiger partial charge is 0.322 e. The summed E-state index contributed by atoms with van der Waals surface area (Å²) in [5.74, 6) is -2.55. The van der Waals surface area contributed by atoms with Crippen LogP contribution in [0.5, 0.6) is 0 Å². The molecule has 0 aromatic heterocycles. The molecule has 1 saturated heterocycles. The topological polar surface area (TPSA) is 83.6 Å². The highest BCUT2D eigenvalue weighted by molar-refractivity contribution is 7.94. The minimum Gasteiger partial charge on any atom is -0.322 e. The van der Waals surface area contributed by atoms with Gasteiger partial charge in [0.05, 0.1) is 27.9 Å². The molecule has 0 radical (unpaired) electrons. The fraction of sp³-hybridized carbons (Fsp3) is 0.176. The molecular weight excluding hydrogens is 383 g/mol. The number of carbonyl (C=O) groups excluding carboxylic acids is 2. The average molecular weight is 397 g/mol. The molecule has 1 N–H and O–H groups in total. The highest BCUT2D eigenvalue weighted by Gasteiger charge is 2.42. The van der Waals surface area contributed by atoms with Gasteiger partial charge in [-0.2, -0.15) is 0 Å². The molecule has 0 saturated carbocycles. The van der Waals surface area contributed by atoms with E-state index in [-0.39, 0.29) is 27.7 Å². The van der Waals surface area contributed by atoms with E-state index in [9.17, 15) is 22.4 Å². The first-order valence-corrected chi connectivity index (χ1v) is 9.61. The van der Waals surface area contributed by atoms with Crippen molar-refractivity contribution in [1.82, 2.24) is 0 Å². The van der Waals surface area contributed by atoms with Crippen LogP contribution in [0.1, 0.15) is 17.3 Å². The number of hydrogen-bond acceptors (Lipinski definition) is 4. The fourth-order valence-electron chi connectivity index (χ4n) is 2.67. The Balaban J connectivity index is 1.88. The Kier molecular flexibility index (Phi) is 4.72. The number of halogens is 2. The van der Waals surface area contributed by atoms with Gasteiger partial charge in [-0.3, -0.25) is 9.59 Å². The average Bonchev–Trinajstić information content (AvgIpc) is 2.74. The molecule has 1 fully saturated rings. The Bertz CT molecular complexity index is 1010. The van der Waals surface area contributed by atoms with Gasteiger partial charge in [0.1, 0.15) is 5.82 Å². The van der Waals surface area contributed by atoms with Crippen molar-refractivity contribution < 1.29 is 22.4 Å². The predicted octanol–water partition coefficient (Wildman–Crippen LogP) is 3.04. The van der Waals surface area contributed by atoms with Crippen molar-refractivity contribution in [1.29, 1.82) is 0 Å². The maximum Gasteiger partial charge on any atom is 0.257 e. The summed E-state index contributed by atoms with van der Waals surface area (Å²) in [5.41, 5.74) is 0.393. The lowest BCUT2D eigenvalue weighted by Gasteiger charge is -2.16. The molecule has 2 amide bonds. The summed E-state index contributed by atoms with van der Waals surface area (Å²) in [4.78, 5) is 24.4. The van der Waals surface area contributed by atoms with E-state index in [1.807, 2.05) is 0 Å². The maximum absolute atomic E-state index is 13.2. The Labute approximate surface area is 154 Å². The molecule has 1 aliphatic rings. The molecule has 0 spiro atoms. The summed E-state index contributed by atoms with van der Waals surface area (Å²) in [6.45, 7) is 1.53. The quantitative estimate of drug-likeness (QED) is 0.864. The molecule has 136 valence electrons. The predicted molar refractivity (Wildman–Crippen MR) is 96.2 cm³/mol. The van der Waals surface area contributed by atoms with Crippen molar-refractivity contribution >= 4 is 44.8 Å². The summed E-state index contributed by atoms with van der Waals surface area (Å²) in [5, 5.41) is 2.47. The molecule has 2 aromatic carbocycles. The lowest BCUT2D eigenvalue weighted by Crippen LogP contribution is -2.30. The van der Waals surface area contributed by atoms with E-state index < -0.39 is 33.6 Å². The molecule has 26 heavy (non-hydrogen) atoms. The molecule has 1 heterocycles. The van der Waals surface area contributed by atoms with Crippen LogP contribution in [0, 0.1) is 11.7 Å². The zero-order chi connectivity index (χ0) is 19.1. The number of nitrogens with zero attached hydrogens (tertiary/aromatic N) is 1. The molecular formula is C17H14ClFN2O4S. The molecule has 1 atom stereocenters. The first-order valence-electron chi connectivity index (χ1n) is 7.62. The number of nitrogens with one attached hydrogen (secondary N) is 1. The van der Waals surface area contributed by atoms with E-state index in [0.29, 0.717) is 4.31 Å². The molecule has 9 heteroatoms. The second kappa shape index (κ2) is 6.69. The third-order valence-corrected chi connectivity index (χ3v) is 6.06. The van der Waals surface area contributed by atoms with Gasteiger partial charge in [0, 0.05) is 5.69 Å². The lowest BCUT2D eigenvalue weighted by molar-refractivity contribution is -0.119. The van der Waals surface area contributed by atoms with Crippen molar-refractivity contribution in [2.75, 3.05) is 15.4 Å². The fourth-order valence-corrected chi connectivity index (χ4v) is 4.74. The van der Waals surface area contributed by atoms with E-state index in [1.54, 1.807) is 0 Å². The maximum atomic E-state index is 13.2. The number of carbonyl (C=O) groups is 2. The monoisotopic (exact) mass is 396 g/mol. The van der Waals surface area contributed by atoms with Crippen LogP contribution < -0.4 is 9.62 Å². The summed E-state index contributed by atoms with van der Waals surface area (Å²) in [6, 6.07) is 9.25. The second-order valence-electron chi connectivity index (χ2n) is 5.91. The Morgan fingerprint density at radius 2 is 2.00 bits per heavy atom. The highest BCUT2D eigenvalue weighted by atomic mass is 35.5. The second-order valence-corrected chi connectivity index (χ2v) is 8.18. The van der Waals surface area contributed by atoms with E-state index in [1.165, 1.54) is 43.3 Å². The minimum atomic E-state index is -3.76. The normalized spacial score (nSPS) is 18.8. The van der Waals surface area contributed by atoms with Crippen molar-refractivity contribution in [3.8, 4) is 0 Å². The molecule has 2 aromatic rings. The summed E-state index contributed by atoms with van der Waals surface area (Å²) in [7, 11) is -3.76. The first kappa shape index (κ1) is 18.3. The molecule has 1 aliphatic heterocycles. The number of amides is 2. The van der Waals surface area contributed by atoms with Crippen LogP contribution in [0.25, 0.3) is 0 Å². The van der Waals surface area contributed by atoms with Crippen LogP contribution in [-0.2, 0) is 14.8 Å². The Hall–Kier alpha value is -2.45. The first-order chi connectivity index (χ1) is 12.2. The minimum absolute atomic E-state index is 0.0287. The van der Waals surface area contributed by atoms with Gasteiger partial charge in [-0.15, -0.1) is 0 Å². The number of anilines is 2. The van der Waals surface area contributed by atoms with Crippen molar-refractivity contribution in [3.63, 3.8) is 0 Å². The van der Waals surface area contributed by atoms with Gasteiger partial charge in [0.15, 0.2) is 0 Å². The van der Waals surface area contributed by atoms with Crippen LogP contribution >= 0.6 is 11.6 Å². The number of rotatable bonds is 3. The summed E-state index contributed by atoms with van der Waals surface area (Å²) < 4.78 is 38.2. The summed E-state index contributed by atoms with van der Waals surface area (Å²) in [6.07, 6.45) is 0. The molecule has 0 bridgehead atoms. The molecule has 0 aliphatic carbocycles. The zero-order valence-electron chi connectivity index (χ0n) is 13.6. The van der Waals surface area contributed by atoms with Gasteiger partial charge in [0.2, 0.25) is 15.9 Å². The molecule has 0 unspecified atom stereocenters. The van der Waals surface area contributed by atoms with Gasteiger partial charge in [-0.05, 0) is 36.4 Å². The van der Waals surface area contributed by atoms with Crippen LogP contribution in [0.3, 0.4) is 0 Å². The van der Waals surface area contributed by atoms with E-state index in [2.05, 4.69) is 5.32 Å².